The van der Waals surface area contributed by atoms with Gasteiger partial charge in [-0.2, -0.15) is 0 Å². The Hall–Kier alpha value is -3.92. The van der Waals surface area contributed by atoms with Gasteiger partial charge in [0.25, 0.3) is 0 Å². The number of nitrogens with one attached hydrogen (secondary N) is 3. The lowest BCUT2D eigenvalue weighted by molar-refractivity contribution is 0.262. The summed E-state index contributed by atoms with van der Waals surface area (Å²) in [6, 6.07) is 9.25. The minimum Gasteiger partial charge on any atom is -0.481 e. The molecule has 0 aliphatic carbocycles. The lowest BCUT2D eigenvalue weighted by Gasteiger charge is -2.13. The van der Waals surface area contributed by atoms with E-state index in [0.717, 1.165) is 0 Å². The molecule has 148 valence electrons. The molecule has 0 aliphatic heterocycles. The maximum Gasteiger partial charge on any atom is 0.324 e. The number of hydrogen-bond acceptors (Lipinski definition) is 8. The number of nitrogens with two attached hydrogens (primary N) is 1. The molecule has 0 unspecified atom stereocenters. The number of nitrogens with zero attached hydrogens (tertiary/aromatic N) is 3. The van der Waals surface area contributed by atoms with Gasteiger partial charge in [-0.3, -0.25) is 10.7 Å². The highest BCUT2D eigenvalue weighted by Gasteiger charge is 2.18. The Bertz CT molecular complexity index is 1050. The number of rotatable bonds is 5. The molecule has 0 spiro atoms. The summed E-state index contributed by atoms with van der Waals surface area (Å²) in [6.45, 7) is 0. The van der Waals surface area contributed by atoms with Crippen LogP contribution in [0.25, 0.3) is 0 Å². The van der Waals surface area contributed by atoms with E-state index in [2.05, 4.69) is 25.6 Å². The number of halogens is 1. The minimum absolute atomic E-state index is 0.0361. The zero-order valence-corrected chi connectivity index (χ0v) is 15.9. The second-order valence-corrected chi connectivity index (χ2v) is 5.92. The molecule has 0 saturated carbocycles. The van der Waals surface area contributed by atoms with Crippen molar-refractivity contribution in [2.45, 2.75) is 0 Å². The Morgan fingerprint density at radius 3 is 2.69 bits per heavy atom. The van der Waals surface area contributed by atoms with Crippen LogP contribution in [0.4, 0.5) is 22.1 Å². The number of ether oxygens (including phenoxy) is 2. The van der Waals surface area contributed by atoms with Crippen molar-refractivity contribution in [3.8, 4) is 11.6 Å². The standard InChI is InChI=1S/C18H16ClN7O3/c1-28-16(21)14-15(20)23-9-24-17(14)29-10-5-6-12(11(19)8-10)25-18(27)26-13-4-2-3-7-22-13/h2-9,21H,1H3,(H2,20,23,24)(H2,22,25,26,27). The predicted molar refractivity (Wildman–Crippen MR) is 109 cm³/mol. The summed E-state index contributed by atoms with van der Waals surface area (Å²) in [5.41, 5.74) is 6.26. The molecule has 10 nitrogen and oxygen atoms in total. The molecule has 2 amide bonds. The van der Waals surface area contributed by atoms with Crippen LogP contribution in [-0.2, 0) is 4.74 Å². The summed E-state index contributed by atoms with van der Waals surface area (Å²) in [6.07, 6.45) is 2.77. The highest BCUT2D eigenvalue weighted by atomic mass is 35.5. The number of hydrogen-bond donors (Lipinski definition) is 4. The Labute approximate surface area is 170 Å². The third-order valence-corrected chi connectivity index (χ3v) is 3.90. The lowest BCUT2D eigenvalue weighted by atomic mass is 10.2. The van der Waals surface area contributed by atoms with Gasteiger partial charge in [-0.05, 0) is 24.3 Å². The second-order valence-electron chi connectivity index (χ2n) is 5.51. The van der Waals surface area contributed by atoms with E-state index >= 15 is 0 Å². The van der Waals surface area contributed by atoms with E-state index < -0.39 is 6.03 Å². The maximum atomic E-state index is 12.1. The van der Waals surface area contributed by atoms with Crippen LogP contribution in [0, 0.1) is 5.41 Å². The Morgan fingerprint density at radius 1 is 1.17 bits per heavy atom. The number of benzene rings is 1. The van der Waals surface area contributed by atoms with E-state index in [1.54, 1.807) is 36.5 Å². The van der Waals surface area contributed by atoms with Crippen LogP contribution < -0.4 is 21.1 Å². The Morgan fingerprint density at radius 2 is 2.00 bits per heavy atom. The van der Waals surface area contributed by atoms with Crippen molar-refractivity contribution in [3.63, 3.8) is 0 Å². The summed E-state index contributed by atoms with van der Waals surface area (Å²) >= 11 is 6.24. The Kier molecular flexibility index (Phi) is 6.05. The molecule has 3 aromatic rings. The number of anilines is 3. The first kappa shape index (κ1) is 19.8. The number of methoxy groups -OCH3 is 1. The third kappa shape index (κ3) is 4.87. The van der Waals surface area contributed by atoms with Crippen LogP contribution in [0.3, 0.4) is 0 Å². The van der Waals surface area contributed by atoms with Crippen molar-refractivity contribution < 1.29 is 14.3 Å². The normalized spacial score (nSPS) is 10.1. The first-order valence-corrected chi connectivity index (χ1v) is 8.55. The molecule has 2 heterocycles. The Balaban J connectivity index is 1.74. The smallest absolute Gasteiger partial charge is 0.324 e. The van der Waals surface area contributed by atoms with Gasteiger partial charge >= 0.3 is 6.03 Å². The highest BCUT2D eigenvalue weighted by molar-refractivity contribution is 6.34. The fourth-order valence-corrected chi connectivity index (χ4v) is 2.47. The number of pyridine rings is 1. The number of carbonyl (C=O) groups excluding carboxylic acids is 1. The third-order valence-electron chi connectivity index (χ3n) is 3.58. The molecule has 0 aliphatic rings. The molecule has 0 saturated heterocycles. The van der Waals surface area contributed by atoms with Gasteiger partial charge in [0.2, 0.25) is 11.8 Å². The zero-order chi connectivity index (χ0) is 20.8. The summed E-state index contributed by atoms with van der Waals surface area (Å²) in [7, 11) is 1.33. The number of urea groups is 1. The number of amides is 2. The van der Waals surface area contributed by atoms with Crippen molar-refractivity contribution in [1.29, 1.82) is 5.41 Å². The first-order chi connectivity index (χ1) is 14.0. The number of nitrogen functional groups attached to an aromatic ring is 1. The second kappa shape index (κ2) is 8.85. The molecule has 29 heavy (non-hydrogen) atoms. The van der Waals surface area contributed by atoms with E-state index in [1.165, 1.54) is 19.5 Å². The van der Waals surface area contributed by atoms with Gasteiger partial charge in [0, 0.05) is 12.3 Å². The molecule has 0 atom stereocenters. The lowest BCUT2D eigenvalue weighted by Crippen LogP contribution is -2.20. The molecule has 3 rings (SSSR count). The topological polar surface area (TPSA) is 148 Å². The average Bonchev–Trinajstić information content (AvgIpc) is 2.70. The average molecular weight is 414 g/mol. The maximum absolute atomic E-state index is 12.1. The minimum atomic E-state index is -0.501. The quantitative estimate of drug-likeness (QED) is 0.369. The van der Waals surface area contributed by atoms with Crippen molar-refractivity contribution >= 4 is 40.9 Å². The molecular formula is C18H16ClN7O3. The van der Waals surface area contributed by atoms with Crippen molar-refractivity contribution in [2.24, 2.45) is 0 Å². The van der Waals surface area contributed by atoms with Gasteiger partial charge in [0.05, 0.1) is 17.8 Å². The molecular weight excluding hydrogens is 398 g/mol. The predicted octanol–water partition coefficient (Wildman–Crippen LogP) is 3.52. The van der Waals surface area contributed by atoms with Crippen LogP contribution in [-0.4, -0.2) is 34.0 Å². The van der Waals surface area contributed by atoms with E-state index in [4.69, 9.17) is 32.2 Å². The molecule has 11 heteroatoms. The van der Waals surface area contributed by atoms with Crippen molar-refractivity contribution in [3.05, 3.63) is 59.5 Å². The van der Waals surface area contributed by atoms with Gasteiger partial charge in [0.15, 0.2) is 0 Å². The summed E-state index contributed by atoms with van der Waals surface area (Å²) in [5.74, 6) is 0.546. The molecule has 0 radical (unpaired) electrons. The first-order valence-electron chi connectivity index (χ1n) is 8.17. The number of carbonyl (C=O) groups is 1. The summed E-state index contributed by atoms with van der Waals surface area (Å²) in [5, 5.41) is 13.3. The molecule has 0 fully saturated rings. The fraction of sp³-hybridized carbons (Fsp3) is 0.0556. The van der Waals surface area contributed by atoms with Gasteiger partial charge in [-0.1, -0.05) is 17.7 Å². The van der Waals surface area contributed by atoms with Gasteiger partial charge in [-0.15, -0.1) is 0 Å². The zero-order valence-electron chi connectivity index (χ0n) is 15.1. The fourth-order valence-electron chi connectivity index (χ4n) is 2.25. The molecule has 0 bridgehead atoms. The molecule has 1 aromatic carbocycles. The molecule has 2 aromatic heterocycles. The summed E-state index contributed by atoms with van der Waals surface area (Å²) < 4.78 is 10.6. The van der Waals surface area contributed by atoms with Crippen molar-refractivity contribution in [2.75, 3.05) is 23.5 Å². The van der Waals surface area contributed by atoms with Gasteiger partial charge < -0.3 is 20.5 Å². The van der Waals surface area contributed by atoms with E-state index in [0.29, 0.717) is 17.3 Å². The van der Waals surface area contributed by atoms with Crippen LogP contribution in [0.1, 0.15) is 5.56 Å². The van der Waals surface area contributed by atoms with Crippen LogP contribution >= 0.6 is 11.6 Å². The number of aromatic nitrogens is 3. The van der Waals surface area contributed by atoms with E-state index in [1.807, 2.05) is 0 Å². The van der Waals surface area contributed by atoms with Gasteiger partial charge in [-0.25, -0.2) is 19.7 Å². The highest BCUT2D eigenvalue weighted by Crippen LogP contribution is 2.31. The summed E-state index contributed by atoms with van der Waals surface area (Å²) in [4.78, 5) is 23.9. The van der Waals surface area contributed by atoms with Crippen LogP contribution in [0.5, 0.6) is 11.6 Å². The van der Waals surface area contributed by atoms with Crippen LogP contribution in [0.15, 0.2) is 48.9 Å². The molecule has 5 N–H and O–H groups in total. The largest absolute Gasteiger partial charge is 0.481 e. The monoisotopic (exact) mass is 413 g/mol. The van der Waals surface area contributed by atoms with Crippen molar-refractivity contribution in [1.82, 2.24) is 15.0 Å². The van der Waals surface area contributed by atoms with E-state index in [-0.39, 0.29) is 28.2 Å². The van der Waals surface area contributed by atoms with Gasteiger partial charge in [0.1, 0.15) is 29.3 Å². The SMILES string of the molecule is COC(=N)c1c(N)ncnc1Oc1ccc(NC(=O)Nc2ccccn2)c(Cl)c1. The van der Waals surface area contributed by atoms with Crippen LogP contribution in [0.2, 0.25) is 5.02 Å². The van der Waals surface area contributed by atoms with E-state index in [9.17, 15) is 4.79 Å².